The summed E-state index contributed by atoms with van der Waals surface area (Å²) in [7, 11) is 0. The topological polar surface area (TPSA) is 49.9 Å². The number of ether oxygens (including phenoxy) is 1. The fraction of sp³-hybridized carbons (Fsp3) is 0.600. The molecule has 0 aliphatic carbocycles. The van der Waals surface area contributed by atoms with Crippen molar-refractivity contribution in [3.8, 4) is 0 Å². The van der Waals surface area contributed by atoms with Crippen molar-refractivity contribution in [3.63, 3.8) is 0 Å². The molecule has 3 rings (SSSR count). The van der Waals surface area contributed by atoms with E-state index in [4.69, 9.17) is 4.74 Å². The Morgan fingerprint density at radius 2 is 1.85 bits per heavy atom. The highest BCUT2D eigenvalue weighted by Gasteiger charge is 2.42. The summed E-state index contributed by atoms with van der Waals surface area (Å²) < 4.78 is 6.06. The molecular weight excluding hydrogens is 348 g/mol. The van der Waals surface area contributed by atoms with Crippen LogP contribution in [0.25, 0.3) is 0 Å². The highest BCUT2D eigenvalue weighted by atomic mass is 32.2. The number of hydrogen-bond acceptors (Lipinski definition) is 4. The second kappa shape index (κ2) is 7.61. The molecule has 0 N–H and O–H groups in total. The van der Waals surface area contributed by atoms with Gasteiger partial charge in [-0.15, -0.1) is 11.8 Å². The number of nitrogens with zero attached hydrogens (tertiary/aromatic N) is 2. The number of carbonyl (C=O) groups excluding carboxylic acids is 2. The van der Waals surface area contributed by atoms with Gasteiger partial charge in [-0.05, 0) is 12.5 Å². The van der Waals surface area contributed by atoms with Gasteiger partial charge in [0.2, 0.25) is 11.8 Å². The highest BCUT2D eigenvalue weighted by molar-refractivity contribution is 7.99. The van der Waals surface area contributed by atoms with Crippen molar-refractivity contribution >= 4 is 23.6 Å². The maximum Gasteiger partial charge on any atom is 0.246 e. The smallest absolute Gasteiger partial charge is 0.246 e. The van der Waals surface area contributed by atoms with Crippen LogP contribution in [0.1, 0.15) is 39.4 Å². The van der Waals surface area contributed by atoms with Crippen LogP contribution in [0.4, 0.5) is 0 Å². The fourth-order valence-electron chi connectivity index (χ4n) is 3.47. The average Bonchev–Trinajstić information content (AvgIpc) is 3.09. The lowest BCUT2D eigenvalue weighted by atomic mass is 9.94. The molecule has 6 heteroatoms. The van der Waals surface area contributed by atoms with Crippen LogP contribution in [0.2, 0.25) is 0 Å². The second-order valence-corrected chi connectivity index (χ2v) is 9.13. The summed E-state index contributed by atoms with van der Waals surface area (Å²) in [6, 6.07) is 9.65. The zero-order valence-electron chi connectivity index (χ0n) is 16.0. The molecule has 3 atom stereocenters. The number of thioether (sulfide) groups is 1. The van der Waals surface area contributed by atoms with Gasteiger partial charge in [0.25, 0.3) is 0 Å². The predicted octanol–water partition coefficient (Wildman–Crippen LogP) is 2.92. The van der Waals surface area contributed by atoms with E-state index in [2.05, 4.69) is 0 Å². The van der Waals surface area contributed by atoms with Crippen LogP contribution in [-0.2, 0) is 14.3 Å². The van der Waals surface area contributed by atoms with E-state index in [0.29, 0.717) is 24.7 Å². The summed E-state index contributed by atoms with van der Waals surface area (Å²) in [5.74, 6) is 1.35. The van der Waals surface area contributed by atoms with Crippen LogP contribution in [0.15, 0.2) is 30.3 Å². The molecule has 1 aromatic rings. The first-order valence-corrected chi connectivity index (χ1v) is 10.3. The number of benzene rings is 1. The predicted molar refractivity (Wildman–Crippen MR) is 104 cm³/mol. The number of rotatable bonds is 2. The number of hydrogen-bond donors (Lipinski definition) is 0. The zero-order chi connectivity index (χ0) is 18.9. The maximum absolute atomic E-state index is 13.2. The van der Waals surface area contributed by atoms with Crippen LogP contribution in [0.5, 0.6) is 0 Å². The van der Waals surface area contributed by atoms with E-state index in [0.717, 1.165) is 5.56 Å². The summed E-state index contributed by atoms with van der Waals surface area (Å²) in [5.41, 5.74) is 0.606. The Morgan fingerprint density at radius 1 is 1.15 bits per heavy atom. The van der Waals surface area contributed by atoms with Gasteiger partial charge in [0.1, 0.15) is 12.1 Å². The zero-order valence-corrected chi connectivity index (χ0v) is 16.8. The first-order valence-electron chi connectivity index (χ1n) is 9.15. The normalized spacial score (nSPS) is 26.8. The first kappa shape index (κ1) is 19.2. The molecule has 142 valence electrons. The van der Waals surface area contributed by atoms with Gasteiger partial charge in [0.15, 0.2) is 0 Å². The van der Waals surface area contributed by atoms with Crippen molar-refractivity contribution in [2.75, 3.05) is 24.7 Å². The van der Waals surface area contributed by atoms with E-state index in [1.807, 2.05) is 62.9 Å². The molecule has 1 aromatic carbocycles. The summed E-state index contributed by atoms with van der Waals surface area (Å²) in [6.45, 7) is 8.82. The molecule has 0 bridgehead atoms. The molecule has 2 aliphatic heterocycles. The SMILES string of the molecule is CC1CN(C(=O)C2CSCN2C(=O)C(C)(C)C)CC(c2ccccc2)O1. The third kappa shape index (κ3) is 4.07. The molecule has 5 nitrogen and oxygen atoms in total. The monoisotopic (exact) mass is 376 g/mol. The van der Waals surface area contributed by atoms with Crippen molar-refractivity contribution in [2.45, 2.75) is 45.9 Å². The summed E-state index contributed by atoms with van der Waals surface area (Å²) in [6.07, 6.45) is -0.150. The van der Waals surface area contributed by atoms with E-state index in [9.17, 15) is 9.59 Å². The standard InChI is InChI=1S/C20H28N2O3S/c1-14-10-21(11-17(25-14)15-8-6-5-7-9-15)18(23)16-12-26-13-22(16)19(24)20(2,3)4/h5-9,14,16-17H,10-13H2,1-4H3. The van der Waals surface area contributed by atoms with Gasteiger partial charge in [-0.1, -0.05) is 51.1 Å². The minimum absolute atomic E-state index is 0.0290. The molecular formula is C20H28N2O3S. The van der Waals surface area contributed by atoms with Gasteiger partial charge in [0, 0.05) is 17.7 Å². The molecule has 0 saturated carbocycles. The molecule has 26 heavy (non-hydrogen) atoms. The lowest BCUT2D eigenvalue weighted by Gasteiger charge is -2.39. The van der Waals surface area contributed by atoms with Crippen molar-refractivity contribution in [2.24, 2.45) is 5.41 Å². The Hall–Kier alpha value is -1.53. The molecule has 2 amide bonds. The van der Waals surface area contributed by atoms with Crippen LogP contribution < -0.4 is 0 Å². The van der Waals surface area contributed by atoms with Gasteiger partial charge in [-0.2, -0.15) is 0 Å². The fourth-order valence-corrected chi connectivity index (χ4v) is 4.62. The molecule has 2 aliphatic rings. The molecule has 3 unspecified atom stereocenters. The summed E-state index contributed by atoms with van der Waals surface area (Å²) in [5, 5.41) is 0. The van der Waals surface area contributed by atoms with Gasteiger partial charge in [-0.25, -0.2) is 0 Å². The quantitative estimate of drug-likeness (QED) is 0.796. The third-order valence-corrected chi connectivity index (χ3v) is 5.83. The minimum atomic E-state index is -0.478. The number of carbonyl (C=O) groups is 2. The third-order valence-electron chi connectivity index (χ3n) is 4.81. The Balaban J connectivity index is 1.75. The maximum atomic E-state index is 13.2. The van der Waals surface area contributed by atoms with Gasteiger partial charge < -0.3 is 14.5 Å². The van der Waals surface area contributed by atoms with E-state index >= 15 is 0 Å². The van der Waals surface area contributed by atoms with Gasteiger partial charge in [0.05, 0.1) is 18.5 Å². The van der Waals surface area contributed by atoms with E-state index < -0.39 is 5.41 Å². The van der Waals surface area contributed by atoms with Gasteiger partial charge >= 0.3 is 0 Å². The molecule has 2 saturated heterocycles. The highest BCUT2D eigenvalue weighted by Crippen LogP contribution is 2.31. The van der Waals surface area contributed by atoms with Crippen LogP contribution in [0.3, 0.4) is 0 Å². The van der Waals surface area contributed by atoms with E-state index in [1.165, 1.54) is 0 Å². The van der Waals surface area contributed by atoms with Crippen molar-refractivity contribution in [1.82, 2.24) is 9.80 Å². The van der Waals surface area contributed by atoms with E-state index in [1.54, 1.807) is 16.7 Å². The molecule has 0 spiro atoms. The van der Waals surface area contributed by atoms with Crippen molar-refractivity contribution in [3.05, 3.63) is 35.9 Å². The van der Waals surface area contributed by atoms with Gasteiger partial charge in [-0.3, -0.25) is 9.59 Å². The largest absolute Gasteiger partial charge is 0.367 e. The lowest BCUT2D eigenvalue weighted by Crippen LogP contribution is -2.55. The van der Waals surface area contributed by atoms with E-state index in [-0.39, 0.29) is 30.1 Å². The van der Waals surface area contributed by atoms with Crippen molar-refractivity contribution < 1.29 is 14.3 Å². The Kier molecular flexibility index (Phi) is 5.63. The minimum Gasteiger partial charge on any atom is -0.367 e. The summed E-state index contributed by atoms with van der Waals surface area (Å²) >= 11 is 1.65. The Morgan fingerprint density at radius 3 is 2.50 bits per heavy atom. The number of amides is 2. The van der Waals surface area contributed by atoms with Crippen molar-refractivity contribution in [1.29, 1.82) is 0 Å². The molecule has 2 fully saturated rings. The second-order valence-electron chi connectivity index (χ2n) is 8.13. The average molecular weight is 377 g/mol. The molecule has 0 radical (unpaired) electrons. The van der Waals surface area contributed by atoms with Crippen LogP contribution in [0, 0.1) is 5.41 Å². The molecule has 2 heterocycles. The lowest BCUT2D eigenvalue weighted by molar-refractivity contribution is -0.155. The van der Waals surface area contributed by atoms with Crippen LogP contribution in [-0.4, -0.2) is 58.5 Å². The Labute approximate surface area is 160 Å². The Bertz CT molecular complexity index is 659. The number of morpholine rings is 1. The molecule has 0 aromatic heterocycles. The first-order chi connectivity index (χ1) is 12.3. The van der Waals surface area contributed by atoms with Crippen LogP contribution >= 0.6 is 11.8 Å². The summed E-state index contributed by atoms with van der Waals surface area (Å²) in [4.78, 5) is 29.6.